The van der Waals surface area contributed by atoms with Gasteiger partial charge in [0.25, 0.3) is 5.56 Å². The molecule has 0 amide bonds. The third-order valence-electron chi connectivity index (χ3n) is 2.79. The molecule has 0 bridgehead atoms. The van der Waals surface area contributed by atoms with Crippen LogP contribution in [0.25, 0.3) is 10.7 Å². The van der Waals surface area contributed by atoms with Crippen LogP contribution in [0, 0.1) is 0 Å². The smallest absolute Gasteiger partial charge is 0.265 e. The molecule has 0 unspecified atom stereocenters. The van der Waals surface area contributed by atoms with E-state index in [4.69, 9.17) is 4.74 Å². The van der Waals surface area contributed by atoms with Crippen molar-refractivity contribution in [1.29, 1.82) is 0 Å². The molecule has 2 rings (SSSR count). The Morgan fingerprint density at radius 1 is 1.40 bits per heavy atom. The first-order valence-corrected chi connectivity index (χ1v) is 7.82. The summed E-state index contributed by atoms with van der Waals surface area (Å²) in [7, 11) is 1.58. The third-order valence-corrected chi connectivity index (χ3v) is 5.13. The first-order chi connectivity index (χ1) is 9.32. The van der Waals surface area contributed by atoms with E-state index in [-0.39, 0.29) is 11.0 Å². The summed E-state index contributed by atoms with van der Waals surface area (Å²) in [5.41, 5.74) is 0.512. The Bertz CT molecular complexity index is 671. The standard InChI is InChI=1S/C14H17BrN2O2S/c1-14(2,3)10-6-5-9(20-10)12-16-8(7-19-4)11(15)13(18)17-12/h5-6H,7H2,1-4H3,(H,16,17,18). The summed E-state index contributed by atoms with van der Waals surface area (Å²) in [5, 5.41) is 0. The van der Waals surface area contributed by atoms with E-state index >= 15 is 0 Å². The molecule has 2 heterocycles. The largest absolute Gasteiger partial charge is 0.378 e. The van der Waals surface area contributed by atoms with Crippen molar-refractivity contribution in [2.45, 2.75) is 32.8 Å². The van der Waals surface area contributed by atoms with E-state index in [0.717, 1.165) is 4.88 Å². The number of rotatable bonds is 3. The number of hydrogen-bond donors (Lipinski definition) is 1. The summed E-state index contributed by atoms with van der Waals surface area (Å²) in [6, 6.07) is 4.08. The van der Waals surface area contributed by atoms with Crippen LogP contribution < -0.4 is 5.56 Å². The number of nitrogens with zero attached hydrogens (tertiary/aromatic N) is 1. The molecular formula is C14H17BrN2O2S. The van der Waals surface area contributed by atoms with Crippen molar-refractivity contribution in [3.05, 3.63) is 37.5 Å². The fourth-order valence-electron chi connectivity index (χ4n) is 1.72. The number of nitrogens with one attached hydrogen (secondary N) is 1. The SMILES string of the molecule is COCc1nc(-c2ccc(C(C)(C)C)s2)[nH]c(=O)c1Br. The van der Waals surface area contributed by atoms with Gasteiger partial charge in [-0.25, -0.2) is 4.98 Å². The maximum absolute atomic E-state index is 11.9. The van der Waals surface area contributed by atoms with Crippen LogP contribution in [-0.2, 0) is 16.8 Å². The molecule has 2 aromatic heterocycles. The Hall–Kier alpha value is -0.980. The van der Waals surface area contributed by atoms with Gasteiger partial charge in [0.05, 0.1) is 17.2 Å². The first-order valence-electron chi connectivity index (χ1n) is 6.21. The molecule has 0 aliphatic heterocycles. The molecule has 0 aliphatic carbocycles. The Balaban J connectivity index is 2.48. The molecule has 0 aliphatic rings. The third kappa shape index (κ3) is 3.19. The highest BCUT2D eigenvalue weighted by Crippen LogP contribution is 2.33. The highest BCUT2D eigenvalue weighted by Gasteiger charge is 2.18. The Morgan fingerprint density at radius 2 is 2.10 bits per heavy atom. The van der Waals surface area contributed by atoms with Crippen LogP contribution in [-0.4, -0.2) is 17.1 Å². The lowest BCUT2D eigenvalue weighted by molar-refractivity contribution is 0.180. The topological polar surface area (TPSA) is 55.0 Å². The molecule has 20 heavy (non-hydrogen) atoms. The van der Waals surface area contributed by atoms with Gasteiger partial charge in [-0.2, -0.15) is 0 Å². The molecule has 0 atom stereocenters. The van der Waals surface area contributed by atoms with Gasteiger partial charge in [0.1, 0.15) is 4.47 Å². The van der Waals surface area contributed by atoms with E-state index in [1.807, 2.05) is 6.07 Å². The zero-order chi connectivity index (χ0) is 14.9. The number of thiophene rings is 1. The molecule has 2 aromatic rings. The molecule has 108 valence electrons. The average Bonchev–Trinajstić information content (AvgIpc) is 2.84. The fraction of sp³-hybridized carbons (Fsp3) is 0.429. The molecule has 0 aromatic carbocycles. The number of aromatic amines is 1. The summed E-state index contributed by atoms with van der Waals surface area (Å²) in [5.74, 6) is 0.589. The molecule has 0 saturated carbocycles. The zero-order valence-corrected chi connectivity index (χ0v) is 14.3. The number of halogens is 1. The fourth-order valence-corrected chi connectivity index (χ4v) is 3.03. The summed E-state index contributed by atoms with van der Waals surface area (Å²) < 4.78 is 5.50. The van der Waals surface area contributed by atoms with Crippen LogP contribution in [0.15, 0.2) is 21.4 Å². The van der Waals surface area contributed by atoms with Crippen molar-refractivity contribution < 1.29 is 4.74 Å². The van der Waals surface area contributed by atoms with Crippen LogP contribution in [0.1, 0.15) is 31.3 Å². The van der Waals surface area contributed by atoms with Gasteiger partial charge in [0.15, 0.2) is 5.82 Å². The Labute approximate surface area is 130 Å². The Kier molecular flexibility index (Phi) is 4.46. The van der Waals surface area contributed by atoms with Crippen LogP contribution in [0.4, 0.5) is 0 Å². The predicted octanol–water partition coefficient (Wildman–Crippen LogP) is 3.70. The number of H-pyrrole nitrogens is 1. The molecule has 6 heteroatoms. The van der Waals surface area contributed by atoms with Gasteiger partial charge in [-0.1, -0.05) is 20.8 Å². The van der Waals surface area contributed by atoms with E-state index in [9.17, 15) is 4.79 Å². The van der Waals surface area contributed by atoms with E-state index in [1.54, 1.807) is 18.4 Å². The minimum atomic E-state index is -0.187. The molecule has 0 radical (unpaired) electrons. The maximum atomic E-state index is 11.9. The predicted molar refractivity (Wildman–Crippen MR) is 85.3 cm³/mol. The molecule has 1 N–H and O–H groups in total. The van der Waals surface area contributed by atoms with Gasteiger partial charge >= 0.3 is 0 Å². The lowest BCUT2D eigenvalue weighted by Crippen LogP contribution is -2.13. The van der Waals surface area contributed by atoms with Crippen molar-refractivity contribution in [2.24, 2.45) is 0 Å². The lowest BCUT2D eigenvalue weighted by Gasteiger charge is -2.15. The number of hydrogen-bond acceptors (Lipinski definition) is 4. The summed E-state index contributed by atoms with van der Waals surface area (Å²) in [6.07, 6.45) is 0. The average molecular weight is 357 g/mol. The number of ether oxygens (including phenoxy) is 1. The van der Waals surface area contributed by atoms with Gasteiger partial charge in [-0.05, 0) is 33.5 Å². The van der Waals surface area contributed by atoms with Crippen molar-refractivity contribution in [3.63, 3.8) is 0 Å². The molecular weight excluding hydrogens is 340 g/mol. The van der Waals surface area contributed by atoms with Crippen LogP contribution in [0.2, 0.25) is 0 Å². The van der Waals surface area contributed by atoms with Gasteiger partial charge in [-0.3, -0.25) is 4.79 Å². The highest BCUT2D eigenvalue weighted by molar-refractivity contribution is 9.10. The van der Waals surface area contributed by atoms with E-state index in [2.05, 4.69) is 52.7 Å². The van der Waals surface area contributed by atoms with Crippen molar-refractivity contribution >= 4 is 27.3 Å². The molecule has 0 spiro atoms. The maximum Gasteiger partial charge on any atom is 0.265 e. The molecule has 0 saturated heterocycles. The van der Waals surface area contributed by atoms with Crippen LogP contribution >= 0.6 is 27.3 Å². The molecule has 0 fully saturated rings. The van der Waals surface area contributed by atoms with Gasteiger partial charge in [0, 0.05) is 12.0 Å². The second-order valence-electron chi connectivity index (χ2n) is 5.52. The van der Waals surface area contributed by atoms with Crippen LogP contribution in [0.5, 0.6) is 0 Å². The van der Waals surface area contributed by atoms with Crippen molar-refractivity contribution in [1.82, 2.24) is 9.97 Å². The van der Waals surface area contributed by atoms with Gasteiger partial charge in [-0.15, -0.1) is 11.3 Å². The van der Waals surface area contributed by atoms with E-state index < -0.39 is 0 Å². The van der Waals surface area contributed by atoms with Crippen molar-refractivity contribution in [3.8, 4) is 10.7 Å². The quantitative estimate of drug-likeness (QED) is 0.911. The van der Waals surface area contributed by atoms with E-state index in [1.165, 1.54) is 4.88 Å². The molecule has 4 nitrogen and oxygen atoms in total. The normalized spacial score (nSPS) is 11.8. The monoisotopic (exact) mass is 356 g/mol. The van der Waals surface area contributed by atoms with Crippen molar-refractivity contribution in [2.75, 3.05) is 7.11 Å². The first kappa shape index (κ1) is 15.4. The van der Waals surface area contributed by atoms with E-state index in [0.29, 0.717) is 22.6 Å². The summed E-state index contributed by atoms with van der Waals surface area (Å²) >= 11 is 4.89. The van der Waals surface area contributed by atoms with Crippen LogP contribution in [0.3, 0.4) is 0 Å². The van der Waals surface area contributed by atoms with Gasteiger partial charge in [0.2, 0.25) is 0 Å². The Morgan fingerprint density at radius 3 is 2.65 bits per heavy atom. The minimum absolute atomic E-state index is 0.0912. The second-order valence-corrected chi connectivity index (χ2v) is 7.40. The highest BCUT2D eigenvalue weighted by atomic mass is 79.9. The second kappa shape index (κ2) is 5.79. The minimum Gasteiger partial charge on any atom is -0.378 e. The summed E-state index contributed by atoms with van der Waals surface area (Å²) in [6.45, 7) is 6.79. The van der Waals surface area contributed by atoms with Gasteiger partial charge < -0.3 is 9.72 Å². The number of aromatic nitrogens is 2. The number of methoxy groups -OCH3 is 1. The summed E-state index contributed by atoms with van der Waals surface area (Å²) in [4.78, 5) is 21.4. The lowest BCUT2D eigenvalue weighted by atomic mass is 9.95. The zero-order valence-electron chi connectivity index (χ0n) is 11.9.